The number of nitrogens with zero attached hydrogens (tertiary/aromatic N) is 4. The van der Waals surface area contributed by atoms with Gasteiger partial charge in [0.25, 0.3) is 0 Å². The molecule has 2 aromatic carbocycles. The van der Waals surface area contributed by atoms with E-state index in [0.717, 1.165) is 63.7 Å². The number of H-pyrrole nitrogens is 1. The van der Waals surface area contributed by atoms with Crippen LogP contribution in [0.25, 0.3) is 32.9 Å². The molecular formula is C30H30F4N6O. The highest BCUT2D eigenvalue weighted by Gasteiger charge is 2.45. The molecule has 2 N–H and O–H groups in total. The van der Waals surface area contributed by atoms with Crippen LogP contribution in [0.15, 0.2) is 24.4 Å². The molecule has 4 aliphatic rings. The van der Waals surface area contributed by atoms with Crippen molar-refractivity contribution >= 4 is 27.6 Å². The number of fused-ring (bicyclic) bond motifs is 5. The standard InChI is InChI=1S/C30H30F4N6O/c31-21-9-18-20(12-35-24(18)11-22(21)32)25-23(33)10-19-27(26(25)34)37-29(41-15-30-5-1-7-40(30)8-2-6-30)38-28(19)39-13-16-3-4-17(14-39)36-16/h9-12,16-17,35-36H,1-8,13-15H2. The molecule has 214 valence electrons. The van der Waals surface area contributed by atoms with Gasteiger partial charge < -0.3 is 19.9 Å². The molecule has 7 nitrogen and oxygen atoms in total. The Balaban J connectivity index is 1.26. The molecule has 4 saturated heterocycles. The van der Waals surface area contributed by atoms with Gasteiger partial charge >= 0.3 is 6.01 Å². The van der Waals surface area contributed by atoms with E-state index in [9.17, 15) is 8.78 Å². The largest absolute Gasteiger partial charge is 0.461 e. The molecule has 4 aliphatic heterocycles. The van der Waals surface area contributed by atoms with E-state index in [4.69, 9.17) is 9.72 Å². The van der Waals surface area contributed by atoms with Crippen molar-refractivity contribution in [3.8, 4) is 17.1 Å². The maximum Gasteiger partial charge on any atom is 0.319 e. The molecule has 41 heavy (non-hydrogen) atoms. The lowest BCUT2D eigenvalue weighted by Gasteiger charge is -2.34. The van der Waals surface area contributed by atoms with Crippen LogP contribution in [-0.2, 0) is 0 Å². The summed E-state index contributed by atoms with van der Waals surface area (Å²) in [6.07, 6.45) is 7.74. The average Bonchev–Trinajstić information content (AvgIpc) is 3.72. The predicted octanol–water partition coefficient (Wildman–Crippen LogP) is 5.28. The number of aromatic amines is 1. The zero-order valence-corrected chi connectivity index (χ0v) is 22.5. The van der Waals surface area contributed by atoms with Gasteiger partial charge in [0.1, 0.15) is 23.8 Å². The summed E-state index contributed by atoms with van der Waals surface area (Å²) in [5.41, 5.74) is -0.148. The summed E-state index contributed by atoms with van der Waals surface area (Å²) in [5, 5.41) is 4.02. The Labute approximate surface area is 233 Å². The van der Waals surface area contributed by atoms with Gasteiger partial charge in [0.2, 0.25) is 0 Å². The van der Waals surface area contributed by atoms with E-state index in [-0.39, 0.29) is 56.6 Å². The zero-order chi connectivity index (χ0) is 27.9. The number of nitrogens with one attached hydrogen (secondary N) is 2. The van der Waals surface area contributed by atoms with Crippen molar-refractivity contribution in [2.24, 2.45) is 0 Å². The average molecular weight is 567 g/mol. The third-order valence-electron chi connectivity index (χ3n) is 9.63. The molecule has 0 amide bonds. The van der Waals surface area contributed by atoms with Crippen molar-refractivity contribution < 1.29 is 22.3 Å². The number of hydrogen-bond acceptors (Lipinski definition) is 6. The highest BCUT2D eigenvalue weighted by molar-refractivity contribution is 6.00. The summed E-state index contributed by atoms with van der Waals surface area (Å²) in [4.78, 5) is 16.6. The van der Waals surface area contributed by atoms with Gasteiger partial charge in [-0.25, -0.2) is 17.6 Å². The normalized spacial score (nSPS) is 23.7. The minimum absolute atomic E-state index is 0.0531. The lowest BCUT2D eigenvalue weighted by molar-refractivity contribution is 0.108. The van der Waals surface area contributed by atoms with Gasteiger partial charge in [0.15, 0.2) is 17.5 Å². The Morgan fingerprint density at radius 3 is 2.37 bits per heavy atom. The van der Waals surface area contributed by atoms with Gasteiger partial charge in [0.05, 0.1) is 11.1 Å². The fourth-order valence-electron chi connectivity index (χ4n) is 7.67. The van der Waals surface area contributed by atoms with Crippen LogP contribution in [0.5, 0.6) is 6.01 Å². The molecule has 4 fully saturated rings. The molecule has 2 aromatic heterocycles. The molecule has 2 unspecified atom stereocenters. The number of benzene rings is 2. The summed E-state index contributed by atoms with van der Waals surface area (Å²) in [6, 6.07) is 3.81. The minimum Gasteiger partial charge on any atom is -0.461 e. The Morgan fingerprint density at radius 2 is 1.61 bits per heavy atom. The Bertz CT molecular complexity index is 1670. The lowest BCUT2D eigenvalue weighted by atomic mass is 9.95. The highest BCUT2D eigenvalue weighted by Crippen LogP contribution is 2.41. The van der Waals surface area contributed by atoms with Crippen LogP contribution >= 0.6 is 0 Å². The summed E-state index contributed by atoms with van der Waals surface area (Å²) >= 11 is 0. The van der Waals surface area contributed by atoms with E-state index in [1.54, 1.807) is 0 Å². The van der Waals surface area contributed by atoms with E-state index < -0.39 is 23.3 Å². The van der Waals surface area contributed by atoms with Crippen molar-refractivity contribution in [3.05, 3.63) is 47.7 Å². The SMILES string of the molecule is Fc1cc2[nH]cc(-c3c(F)cc4c(N5CC6CCC(C5)N6)nc(OCC56CCCN5CCC6)nc4c3F)c2cc1F. The molecule has 2 atom stereocenters. The van der Waals surface area contributed by atoms with Crippen molar-refractivity contribution in [1.29, 1.82) is 0 Å². The van der Waals surface area contributed by atoms with E-state index in [1.807, 2.05) is 0 Å². The van der Waals surface area contributed by atoms with Gasteiger partial charge in [-0.05, 0) is 63.7 Å². The number of piperazine rings is 1. The second-order valence-electron chi connectivity index (χ2n) is 12.0. The Kier molecular flexibility index (Phi) is 5.73. The first-order chi connectivity index (χ1) is 19.9. The van der Waals surface area contributed by atoms with Gasteiger partial charge in [-0.15, -0.1) is 0 Å². The number of ether oxygens (including phenoxy) is 1. The maximum atomic E-state index is 16.4. The van der Waals surface area contributed by atoms with E-state index in [0.29, 0.717) is 25.5 Å². The number of halogens is 4. The molecule has 0 radical (unpaired) electrons. The lowest BCUT2D eigenvalue weighted by Crippen LogP contribution is -2.51. The molecule has 8 rings (SSSR count). The molecule has 4 aromatic rings. The summed E-state index contributed by atoms with van der Waals surface area (Å²) in [6.45, 7) is 3.83. The fourth-order valence-corrected chi connectivity index (χ4v) is 7.67. The number of anilines is 1. The third kappa shape index (κ3) is 3.99. The summed E-state index contributed by atoms with van der Waals surface area (Å²) < 4.78 is 66.5. The smallest absolute Gasteiger partial charge is 0.319 e. The van der Waals surface area contributed by atoms with E-state index in [1.165, 1.54) is 12.3 Å². The van der Waals surface area contributed by atoms with Crippen LogP contribution in [-0.4, -0.2) is 70.3 Å². The number of aromatic nitrogens is 3. The molecule has 11 heteroatoms. The van der Waals surface area contributed by atoms with Crippen molar-refractivity contribution in [3.63, 3.8) is 0 Å². The Morgan fingerprint density at radius 1 is 0.902 bits per heavy atom. The van der Waals surface area contributed by atoms with Crippen LogP contribution in [0.4, 0.5) is 23.4 Å². The van der Waals surface area contributed by atoms with Crippen molar-refractivity contribution in [2.75, 3.05) is 37.7 Å². The first-order valence-electron chi connectivity index (χ1n) is 14.4. The van der Waals surface area contributed by atoms with Crippen LogP contribution in [0, 0.1) is 23.3 Å². The molecule has 0 spiro atoms. The Hall–Kier alpha value is -3.44. The van der Waals surface area contributed by atoms with Crippen LogP contribution in [0.1, 0.15) is 38.5 Å². The molecule has 0 saturated carbocycles. The topological polar surface area (TPSA) is 69.3 Å². The second-order valence-corrected chi connectivity index (χ2v) is 12.0. The first-order valence-corrected chi connectivity index (χ1v) is 14.4. The monoisotopic (exact) mass is 566 g/mol. The van der Waals surface area contributed by atoms with Gasteiger partial charge in [0, 0.05) is 59.3 Å². The van der Waals surface area contributed by atoms with Crippen LogP contribution in [0.2, 0.25) is 0 Å². The summed E-state index contributed by atoms with van der Waals surface area (Å²) in [5.74, 6) is -3.41. The molecule has 0 aliphatic carbocycles. The second kappa shape index (κ2) is 9.29. The first kappa shape index (κ1) is 25.3. The minimum atomic E-state index is -1.10. The maximum absolute atomic E-state index is 16.4. The van der Waals surface area contributed by atoms with Crippen molar-refractivity contribution in [2.45, 2.75) is 56.1 Å². The number of hydrogen-bond donors (Lipinski definition) is 2. The zero-order valence-electron chi connectivity index (χ0n) is 22.5. The van der Waals surface area contributed by atoms with Gasteiger partial charge in [-0.2, -0.15) is 9.97 Å². The third-order valence-corrected chi connectivity index (χ3v) is 9.63. The predicted molar refractivity (Wildman–Crippen MR) is 147 cm³/mol. The summed E-state index contributed by atoms with van der Waals surface area (Å²) in [7, 11) is 0. The van der Waals surface area contributed by atoms with Crippen molar-refractivity contribution in [1.82, 2.24) is 25.2 Å². The van der Waals surface area contributed by atoms with Gasteiger partial charge in [-0.1, -0.05) is 0 Å². The molecular weight excluding hydrogens is 536 g/mol. The molecule has 6 heterocycles. The highest BCUT2D eigenvalue weighted by atomic mass is 19.2. The molecule has 2 bridgehead atoms. The van der Waals surface area contributed by atoms with E-state index >= 15 is 8.78 Å². The number of rotatable bonds is 5. The fraction of sp³-hybridized carbons (Fsp3) is 0.467. The van der Waals surface area contributed by atoms with E-state index in [2.05, 4.69) is 25.1 Å². The van der Waals surface area contributed by atoms with Crippen LogP contribution in [0.3, 0.4) is 0 Å². The van der Waals surface area contributed by atoms with Crippen LogP contribution < -0.4 is 15.0 Å². The van der Waals surface area contributed by atoms with Gasteiger partial charge in [-0.3, -0.25) is 4.90 Å². The quantitative estimate of drug-likeness (QED) is 0.321.